The second-order valence-corrected chi connectivity index (χ2v) is 9.29. The van der Waals surface area contributed by atoms with Gasteiger partial charge in [-0.1, -0.05) is 54.6 Å². The number of hydrogen-bond acceptors (Lipinski definition) is 3. The summed E-state index contributed by atoms with van der Waals surface area (Å²) in [7, 11) is 0. The van der Waals surface area contributed by atoms with Gasteiger partial charge in [-0.3, -0.25) is 9.78 Å². The highest BCUT2D eigenvalue weighted by molar-refractivity contribution is 5.97. The van der Waals surface area contributed by atoms with Crippen LogP contribution < -0.4 is 10.6 Å². The van der Waals surface area contributed by atoms with Gasteiger partial charge >= 0.3 is 18.4 Å². The molecule has 0 fully saturated rings. The Bertz CT molecular complexity index is 1540. The van der Waals surface area contributed by atoms with Gasteiger partial charge in [0.2, 0.25) is 0 Å². The number of carbonyl (C=O) groups is 2. The summed E-state index contributed by atoms with van der Waals surface area (Å²) >= 11 is 0. The van der Waals surface area contributed by atoms with Gasteiger partial charge in [-0.05, 0) is 54.4 Å². The number of amides is 2. The summed E-state index contributed by atoms with van der Waals surface area (Å²) in [4.78, 5) is 29.2. The summed E-state index contributed by atoms with van der Waals surface area (Å²) in [6.07, 6.45) is -9.04. The van der Waals surface area contributed by atoms with Crippen molar-refractivity contribution in [1.29, 1.82) is 0 Å². The average Bonchev–Trinajstić information content (AvgIpc) is 2.92. The van der Waals surface area contributed by atoms with E-state index in [0.717, 1.165) is 30.3 Å². The van der Waals surface area contributed by atoms with E-state index < -0.39 is 35.0 Å². The molecule has 1 atom stereocenters. The molecule has 0 saturated carbocycles. The third kappa shape index (κ3) is 6.92. The molecule has 4 aromatic rings. The van der Waals surface area contributed by atoms with Crippen LogP contribution in [-0.2, 0) is 24.3 Å². The molecule has 2 N–H and O–H groups in total. The Morgan fingerprint density at radius 3 is 2.00 bits per heavy atom. The van der Waals surface area contributed by atoms with Crippen LogP contribution in [0.2, 0.25) is 0 Å². The average molecular weight is 572 g/mol. The van der Waals surface area contributed by atoms with Crippen molar-refractivity contribution in [2.45, 2.75) is 31.2 Å². The minimum Gasteiger partial charge on any atom is -0.322 e. The molecule has 2 amide bonds. The van der Waals surface area contributed by atoms with E-state index in [0.29, 0.717) is 17.3 Å². The summed E-state index contributed by atoms with van der Waals surface area (Å²) in [6.45, 7) is 1.34. The topological polar surface area (TPSA) is 71.1 Å². The number of halogens is 6. The molecule has 0 bridgehead atoms. The van der Waals surface area contributed by atoms with Crippen LogP contribution in [0.3, 0.4) is 0 Å². The number of benzene rings is 3. The molecule has 1 unspecified atom stereocenters. The molecule has 0 radical (unpaired) electrons. The molecule has 212 valence electrons. The minimum absolute atomic E-state index is 0.0592. The SMILES string of the molecule is CC(=O)c1cccc(NC(=O)NC(Cc2ccccc2)(c2cccc(C(F)(F)F)c2)c2ccc(C(F)(F)F)cn2)c1. The van der Waals surface area contributed by atoms with E-state index in [1.165, 1.54) is 31.2 Å². The Balaban J connectivity index is 1.88. The lowest BCUT2D eigenvalue weighted by Crippen LogP contribution is -2.50. The summed E-state index contributed by atoms with van der Waals surface area (Å²) in [6, 6.07) is 19.5. The fourth-order valence-electron chi connectivity index (χ4n) is 4.37. The molecule has 0 aliphatic carbocycles. The molecule has 0 aliphatic heterocycles. The van der Waals surface area contributed by atoms with Gasteiger partial charge in [0.25, 0.3) is 0 Å². The number of carbonyl (C=O) groups excluding carboxylic acids is 2. The van der Waals surface area contributed by atoms with Crippen LogP contribution in [0.15, 0.2) is 97.2 Å². The smallest absolute Gasteiger partial charge is 0.322 e. The molecule has 5 nitrogen and oxygen atoms in total. The zero-order valence-electron chi connectivity index (χ0n) is 21.5. The number of anilines is 1. The van der Waals surface area contributed by atoms with Gasteiger partial charge in [0.1, 0.15) is 5.54 Å². The lowest BCUT2D eigenvalue weighted by Gasteiger charge is -2.36. The number of aromatic nitrogens is 1. The van der Waals surface area contributed by atoms with Crippen LogP contribution in [0.5, 0.6) is 0 Å². The number of ketones is 1. The van der Waals surface area contributed by atoms with Crippen LogP contribution in [0.25, 0.3) is 0 Å². The van der Waals surface area contributed by atoms with Crippen LogP contribution in [-0.4, -0.2) is 16.8 Å². The highest BCUT2D eigenvalue weighted by atomic mass is 19.4. The molecular formula is C30H23F6N3O2. The Kier molecular flexibility index (Phi) is 8.18. The minimum atomic E-state index is -4.74. The quantitative estimate of drug-likeness (QED) is 0.177. The third-order valence-electron chi connectivity index (χ3n) is 6.38. The second-order valence-electron chi connectivity index (χ2n) is 9.29. The van der Waals surface area contributed by atoms with E-state index in [9.17, 15) is 35.9 Å². The summed E-state index contributed by atoms with van der Waals surface area (Å²) in [5, 5.41) is 5.27. The van der Waals surface area contributed by atoms with Crippen molar-refractivity contribution in [3.63, 3.8) is 0 Å². The molecule has 0 spiro atoms. The predicted molar refractivity (Wildman–Crippen MR) is 140 cm³/mol. The van der Waals surface area contributed by atoms with E-state index >= 15 is 0 Å². The van der Waals surface area contributed by atoms with E-state index in [1.807, 2.05) is 0 Å². The Labute approximate surface area is 231 Å². The van der Waals surface area contributed by atoms with Crippen molar-refractivity contribution in [3.05, 3.63) is 131 Å². The van der Waals surface area contributed by atoms with Crippen LogP contribution in [0, 0.1) is 0 Å². The van der Waals surface area contributed by atoms with E-state index in [4.69, 9.17) is 0 Å². The van der Waals surface area contributed by atoms with Gasteiger partial charge in [-0.15, -0.1) is 0 Å². The normalized spacial score (nSPS) is 13.2. The molecule has 1 aromatic heterocycles. The maximum atomic E-state index is 13.8. The number of rotatable bonds is 7. The lowest BCUT2D eigenvalue weighted by atomic mass is 9.79. The molecular weight excluding hydrogens is 548 g/mol. The first-order valence-electron chi connectivity index (χ1n) is 12.2. The standard InChI is InChI=1S/C30H23F6N3O2/c1-19(40)21-9-5-12-25(15-21)38-27(41)39-28(17-20-7-3-2-4-8-20,22-10-6-11-23(16-22)29(31,32)33)26-14-13-24(18-37-26)30(34,35)36/h2-16,18H,17H2,1H3,(H2,38,39,41). The van der Waals surface area contributed by atoms with Gasteiger partial charge < -0.3 is 10.6 Å². The van der Waals surface area contributed by atoms with Gasteiger partial charge in [-0.2, -0.15) is 26.3 Å². The second kappa shape index (κ2) is 11.4. The van der Waals surface area contributed by atoms with Gasteiger partial charge in [-0.25, -0.2) is 4.79 Å². The van der Waals surface area contributed by atoms with Crippen molar-refractivity contribution in [2.75, 3.05) is 5.32 Å². The highest BCUT2D eigenvalue weighted by Crippen LogP contribution is 2.38. The zero-order chi connectivity index (χ0) is 29.8. The number of pyridine rings is 1. The van der Waals surface area contributed by atoms with Gasteiger partial charge in [0.15, 0.2) is 5.78 Å². The van der Waals surface area contributed by atoms with Crippen LogP contribution >= 0.6 is 0 Å². The molecule has 4 rings (SSSR count). The largest absolute Gasteiger partial charge is 0.417 e. The number of nitrogens with zero attached hydrogens (tertiary/aromatic N) is 1. The molecule has 3 aromatic carbocycles. The van der Waals surface area contributed by atoms with E-state index in [2.05, 4.69) is 15.6 Å². The first-order valence-corrected chi connectivity index (χ1v) is 12.2. The van der Waals surface area contributed by atoms with Crippen molar-refractivity contribution in [2.24, 2.45) is 0 Å². The number of urea groups is 1. The first-order chi connectivity index (χ1) is 19.3. The fourth-order valence-corrected chi connectivity index (χ4v) is 4.37. The van der Waals surface area contributed by atoms with Crippen molar-refractivity contribution in [1.82, 2.24) is 10.3 Å². The summed E-state index contributed by atoms with van der Waals surface area (Å²) in [5.41, 5.74) is -3.04. The van der Waals surface area contributed by atoms with E-state index in [-0.39, 0.29) is 29.1 Å². The fraction of sp³-hybridized carbons (Fsp3) is 0.167. The molecule has 0 saturated heterocycles. The van der Waals surface area contributed by atoms with E-state index in [1.54, 1.807) is 36.4 Å². The van der Waals surface area contributed by atoms with Crippen LogP contribution in [0.1, 0.15) is 45.2 Å². The Morgan fingerprint density at radius 2 is 1.39 bits per heavy atom. The molecule has 11 heteroatoms. The Morgan fingerprint density at radius 1 is 0.732 bits per heavy atom. The lowest BCUT2D eigenvalue weighted by molar-refractivity contribution is -0.138. The maximum Gasteiger partial charge on any atom is 0.417 e. The number of Topliss-reactive ketones (excluding diaryl/α,β-unsaturated/α-hetero) is 1. The summed E-state index contributed by atoms with van der Waals surface area (Å²) < 4.78 is 81.3. The molecule has 0 aliphatic rings. The monoisotopic (exact) mass is 571 g/mol. The molecule has 1 heterocycles. The van der Waals surface area contributed by atoms with Crippen molar-refractivity contribution < 1.29 is 35.9 Å². The molecule has 41 heavy (non-hydrogen) atoms. The van der Waals surface area contributed by atoms with Crippen molar-refractivity contribution >= 4 is 17.5 Å². The number of alkyl halides is 6. The Hall–Kier alpha value is -4.67. The van der Waals surface area contributed by atoms with Crippen molar-refractivity contribution in [3.8, 4) is 0 Å². The first kappa shape index (κ1) is 29.3. The van der Waals surface area contributed by atoms with Gasteiger partial charge in [0.05, 0.1) is 16.8 Å². The van der Waals surface area contributed by atoms with Gasteiger partial charge in [0, 0.05) is 23.9 Å². The summed E-state index contributed by atoms with van der Waals surface area (Å²) in [5.74, 6) is -0.259. The zero-order valence-corrected chi connectivity index (χ0v) is 21.5. The maximum absolute atomic E-state index is 13.8. The third-order valence-corrected chi connectivity index (χ3v) is 6.38. The number of nitrogens with one attached hydrogen (secondary N) is 2. The number of hydrogen-bond donors (Lipinski definition) is 2. The predicted octanol–water partition coefficient (Wildman–Crippen LogP) is 7.63. The van der Waals surface area contributed by atoms with Crippen LogP contribution in [0.4, 0.5) is 36.8 Å². The highest BCUT2D eigenvalue weighted by Gasteiger charge is 2.41.